The Morgan fingerprint density at radius 1 is 1.19 bits per heavy atom. The molecule has 1 saturated carbocycles. The summed E-state index contributed by atoms with van der Waals surface area (Å²) in [6.07, 6.45) is 7.84. The molecule has 0 saturated heterocycles. The summed E-state index contributed by atoms with van der Waals surface area (Å²) in [5.74, 6) is 0.963. The third kappa shape index (κ3) is 3.32. The third-order valence-electron chi connectivity index (χ3n) is 5.53. The monoisotopic (exact) mass is 287 g/mol. The van der Waals surface area contributed by atoms with Gasteiger partial charge in [-0.2, -0.15) is 0 Å². The zero-order valence-electron chi connectivity index (χ0n) is 13.5. The maximum atomic E-state index is 6.16. The average Bonchev–Trinajstić information content (AvgIpc) is 2.54. The number of benzene rings is 1. The average molecular weight is 287 g/mol. The van der Waals surface area contributed by atoms with E-state index in [1.54, 1.807) is 0 Å². The van der Waals surface area contributed by atoms with E-state index in [-0.39, 0.29) is 5.60 Å². The van der Waals surface area contributed by atoms with E-state index < -0.39 is 0 Å². The molecule has 0 aromatic heterocycles. The SMILES string of the molecule is CCC1CCC(NCC2(C)OCCc3ccccc32)CC1. The van der Waals surface area contributed by atoms with E-state index in [1.165, 1.54) is 43.2 Å². The van der Waals surface area contributed by atoms with Crippen LogP contribution in [0, 0.1) is 5.92 Å². The van der Waals surface area contributed by atoms with Crippen LogP contribution in [0.4, 0.5) is 0 Å². The van der Waals surface area contributed by atoms with Crippen molar-refractivity contribution in [3.05, 3.63) is 35.4 Å². The Labute approximate surface area is 129 Å². The van der Waals surface area contributed by atoms with Crippen LogP contribution in [0.3, 0.4) is 0 Å². The summed E-state index contributed by atoms with van der Waals surface area (Å²) in [6, 6.07) is 9.46. The van der Waals surface area contributed by atoms with Crippen molar-refractivity contribution < 1.29 is 4.74 Å². The van der Waals surface area contributed by atoms with Gasteiger partial charge in [0.2, 0.25) is 0 Å². The van der Waals surface area contributed by atoms with Crippen molar-refractivity contribution in [1.82, 2.24) is 5.32 Å². The summed E-state index contributed by atoms with van der Waals surface area (Å²) in [6.45, 7) is 6.35. The first kappa shape index (κ1) is 15.1. The predicted molar refractivity (Wildman–Crippen MR) is 87.5 cm³/mol. The smallest absolute Gasteiger partial charge is 0.103 e. The van der Waals surface area contributed by atoms with E-state index in [9.17, 15) is 0 Å². The maximum Gasteiger partial charge on any atom is 0.103 e. The van der Waals surface area contributed by atoms with Crippen LogP contribution in [0.25, 0.3) is 0 Å². The van der Waals surface area contributed by atoms with Gasteiger partial charge in [-0.1, -0.05) is 37.6 Å². The lowest BCUT2D eigenvalue weighted by atomic mass is 9.83. The van der Waals surface area contributed by atoms with Crippen LogP contribution in [-0.4, -0.2) is 19.2 Å². The van der Waals surface area contributed by atoms with Crippen LogP contribution in [-0.2, 0) is 16.8 Å². The molecule has 2 aliphatic rings. The fraction of sp³-hybridized carbons (Fsp3) is 0.684. The zero-order valence-corrected chi connectivity index (χ0v) is 13.5. The fourth-order valence-corrected chi connectivity index (χ4v) is 3.98. The molecule has 2 nitrogen and oxygen atoms in total. The zero-order chi connectivity index (χ0) is 14.7. The van der Waals surface area contributed by atoms with E-state index >= 15 is 0 Å². The number of hydrogen-bond donors (Lipinski definition) is 1. The van der Waals surface area contributed by atoms with Crippen molar-refractivity contribution in [2.75, 3.05) is 13.2 Å². The minimum absolute atomic E-state index is 0.156. The summed E-state index contributed by atoms with van der Waals surface area (Å²) < 4.78 is 6.16. The molecule has 1 N–H and O–H groups in total. The second-order valence-electron chi connectivity index (χ2n) is 6.99. The van der Waals surface area contributed by atoms with Crippen LogP contribution in [0.15, 0.2) is 24.3 Å². The van der Waals surface area contributed by atoms with Crippen molar-refractivity contribution in [1.29, 1.82) is 0 Å². The summed E-state index contributed by atoms with van der Waals surface area (Å²) in [4.78, 5) is 0. The van der Waals surface area contributed by atoms with E-state index in [0.717, 1.165) is 25.5 Å². The van der Waals surface area contributed by atoms with Crippen molar-refractivity contribution in [2.45, 2.75) is 64.0 Å². The summed E-state index contributed by atoms with van der Waals surface area (Å²) in [5.41, 5.74) is 2.69. The van der Waals surface area contributed by atoms with Crippen LogP contribution in [0.5, 0.6) is 0 Å². The molecule has 2 heteroatoms. The number of nitrogens with one attached hydrogen (secondary N) is 1. The highest BCUT2D eigenvalue weighted by Gasteiger charge is 2.33. The van der Waals surface area contributed by atoms with Crippen molar-refractivity contribution in [3.8, 4) is 0 Å². The van der Waals surface area contributed by atoms with Gasteiger partial charge in [0.05, 0.1) is 6.61 Å². The predicted octanol–water partition coefficient (Wildman–Crippen LogP) is 4.03. The van der Waals surface area contributed by atoms with Gasteiger partial charge in [0.25, 0.3) is 0 Å². The summed E-state index contributed by atoms with van der Waals surface area (Å²) in [7, 11) is 0. The highest BCUT2D eigenvalue weighted by Crippen LogP contribution is 2.33. The Morgan fingerprint density at radius 3 is 2.71 bits per heavy atom. The minimum atomic E-state index is -0.156. The second-order valence-corrected chi connectivity index (χ2v) is 6.99. The highest BCUT2D eigenvalue weighted by molar-refractivity contribution is 5.34. The molecule has 21 heavy (non-hydrogen) atoms. The molecule has 1 unspecified atom stereocenters. The van der Waals surface area contributed by atoms with Gasteiger partial charge in [0.15, 0.2) is 0 Å². The Morgan fingerprint density at radius 2 is 1.95 bits per heavy atom. The number of hydrogen-bond acceptors (Lipinski definition) is 2. The lowest BCUT2D eigenvalue weighted by Gasteiger charge is -2.38. The Bertz CT molecular complexity index is 464. The molecular formula is C19H29NO. The first-order valence-electron chi connectivity index (χ1n) is 8.67. The van der Waals surface area contributed by atoms with Crippen molar-refractivity contribution in [2.24, 2.45) is 5.92 Å². The van der Waals surface area contributed by atoms with Crippen LogP contribution < -0.4 is 5.32 Å². The molecule has 1 aromatic rings. The van der Waals surface area contributed by atoms with Gasteiger partial charge in [-0.3, -0.25) is 0 Å². The van der Waals surface area contributed by atoms with Gasteiger partial charge in [0.1, 0.15) is 5.60 Å². The molecule has 1 aliphatic carbocycles. The molecule has 1 atom stereocenters. The van der Waals surface area contributed by atoms with Gasteiger partial charge < -0.3 is 10.1 Å². The van der Waals surface area contributed by atoms with Gasteiger partial charge in [0, 0.05) is 12.6 Å². The maximum absolute atomic E-state index is 6.16. The lowest BCUT2D eigenvalue weighted by Crippen LogP contribution is -2.45. The van der Waals surface area contributed by atoms with E-state index in [2.05, 4.69) is 43.4 Å². The molecule has 1 aliphatic heterocycles. The fourth-order valence-electron chi connectivity index (χ4n) is 3.98. The number of rotatable bonds is 4. The first-order valence-corrected chi connectivity index (χ1v) is 8.67. The molecule has 116 valence electrons. The molecule has 0 spiro atoms. The van der Waals surface area contributed by atoms with Gasteiger partial charge in [-0.15, -0.1) is 0 Å². The van der Waals surface area contributed by atoms with Crippen LogP contribution >= 0.6 is 0 Å². The van der Waals surface area contributed by atoms with Gasteiger partial charge >= 0.3 is 0 Å². The standard InChI is InChI=1S/C19H29NO/c1-3-15-8-10-17(11-9-15)20-14-19(2)18-7-5-4-6-16(18)12-13-21-19/h4-7,15,17,20H,3,8-14H2,1-2H3. The normalized spacial score (nSPS) is 32.7. The van der Waals surface area contributed by atoms with E-state index in [0.29, 0.717) is 6.04 Å². The highest BCUT2D eigenvalue weighted by atomic mass is 16.5. The Kier molecular flexibility index (Phi) is 4.66. The molecule has 3 rings (SSSR count). The summed E-state index contributed by atoms with van der Waals surface area (Å²) in [5, 5.41) is 3.79. The quantitative estimate of drug-likeness (QED) is 0.902. The van der Waals surface area contributed by atoms with Crippen LogP contribution in [0.2, 0.25) is 0 Å². The minimum Gasteiger partial charge on any atom is -0.369 e. The molecular weight excluding hydrogens is 258 g/mol. The molecule has 1 fully saturated rings. The molecule has 1 heterocycles. The molecule has 0 bridgehead atoms. The van der Waals surface area contributed by atoms with Gasteiger partial charge in [-0.05, 0) is 56.1 Å². The first-order chi connectivity index (χ1) is 10.2. The molecule has 0 radical (unpaired) electrons. The molecule has 0 amide bonds. The Balaban J connectivity index is 1.60. The molecule has 1 aromatic carbocycles. The Hall–Kier alpha value is -0.860. The van der Waals surface area contributed by atoms with Gasteiger partial charge in [-0.25, -0.2) is 0 Å². The largest absolute Gasteiger partial charge is 0.369 e. The van der Waals surface area contributed by atoms with Crippen LogP contribution in [0.1, 0.15) is 57.1 Å². The lowest BCUT2D eigenvalue weighted by molar-refractivity contribution is -0.0471. The van der Waals surface area contributed by atoms with E-state index in [1.807, 2.05) is 0 Å². The van der Waals surface area contributed by atoms with E-state index in [4.69, 9.17) is 4.74 Å². The number of ether oxygens (including phenoxy) is 1. The van der Waals surface area contributed by atoms with Crippen molar-refractivity contribution in [3.63, 3.8) is 0 Å². The topological polar surface area (TPSA) is 21.3 Å². The van der Waals surface area contributed by atoms with Crippen molar-refractivity contribution >= 4 is 0 Å². The number of fused-ring (bicyclic) bond motifs is 1. The second kappa shape index (κ2) is 6.50. The third-order valence-corrected chi connectivity index (χ3v) is 5.53. The summed E-state index contributed by atoms with van der Waals surface area (Å²) >= 11 is 0.